The predicted molar refractivity (Wildman–Crippen MR) is 114 cm³/mol. The van der Waals surface area contributed by atoms with Gasteiger partial charge in [0.1, 0.15) is 5.15 Å². The molecule has 0 saturated carbocycles. The van der Waals surface area contributed by atoms with Crippen LogP contribution in [0.2, 0.25) is 5.15 Å². The van der Waals surface area contributed by atoms with Crippen LogP contribution in [0.4, 0.5) is 0 Å². The molecule has 30 heavy (non-hydrogen) atoms. The van der Waals surface area contributed by atoms with Gasteiger partial charge >= 0.3 is 0 Å². The van der Waals surface area contributed by atoms with Crippen molar-refractivity contribution >= 4 is 32.5 Å². The van der Waals surface area contributed by atoms with E-state index in [1.54, 1.807) is 30.3 Å². The molecular formula is C21H21ClN2O5S. The summed E-state index contributed by atoms with van der Waals surface area (Å²) in [6, 6.07) is 12.2. The number of aryl methyl sites for hydroxylation is 1. The van der Waals surface area contributed by atoms with Crippen LogP contribution in [0.5, 0.6) is 11.5 Å². The minimum atomic E-state index is -3.75. The molecule has 7 nitrogen and oxygen atoms in total. The first-order valence-electron chi connectivity index (χ1n) is 9.33. The van der Waals surface area contributed by atoms with E-state index in [-0.39, 0.29) is 36.5 Å². The highest BCUT2D eigenvalue weighted by molar-refractivity contribution is 7.89. The SMILES string of the molecule is COCCN(Cc1cc2cc3c(cc2nc1Cl)OCO3)S(=O)(=O)c1ccc(C)cc1. The summed E-state index contributed by atoms with van der Waals surface area (Å²) in [4.78, 5) is 4.65. The summed E-state index contributed by atoms with van der Waals surface area (Å²) in [5, 5.41) is 1.03. The first-order valence-corrected chi connectivity index (χ1v) is 11.1. The van der Waals surface area contributed by atoms with Crippen LogP contribution in [0.3, 0.4) is 0 Å². The Hall–Kier alpha value is -2.39. The lowest BCUT2D eigenvalue weighted by Gasteiger charge is -2.22. The second-order valence-corrected chi connectivity index (χ2v) is 9.28. The van der Waals surface area contributed by atoms with Crippen molar-refractivity contribution in [1.82, 2.24) is 9.29 Å². The molecule has 9 heteroatoms. The van der Waals surface area contributed by atoms with Crippen LogP contribution >= 0.6 is 11.6 Å². The summed E-state index contributed by atoms with van der Waals surface area (Å²) in [5.41, 5.74) is 2.23. The van der Waals surface area contributed by atoms with Gasteiger partial charge in [-0.25, -0.2) is 13.4 Å². The molecule has 0 spiro atoms. The molecule has 0 fully saturated rings. The van der Waals surface area contributed by atoms with Gasteiger partial charge in [0.25, 0.3) is 0 Å². The number of rotatable bonds is 7. The maximum atomic E-state index is 13.3. The summed E-state index contributed by atoms with van der Waals surface area (Å²) in [6.45, 7) is 2.57. The minimum Gasteiger partial charge on any atom is -0.454 e. The fourth-order valence-electron chi connectivity index (χ4n) is 3.22. The molecule has 1 aliphatic heterocycles. The third-order valence-corrected chi connectivity index (χ3v) is 7.07. The zero-order valence-electron chi connectivity index (χ0n) is 16.6. The molecule has 0 saturated heterocycles. The molecule has 0 radical (unpaired) electrons. The monoisotopic (exact) mass is 448 g/mol. The quantitative estimate of drug-likeness (QED) is 0.512. The Morgan fingerprint density at radius 3 is 2.53 bits per heavy atom. The number of hydrogen-bond acceptors (Lipinski definition) is 6. The standard InChI is InChI=1S/C21H21ClN2O5S/c1-14-3-5-17(6-4-14)30(25,26)24(7-8-27-2)12-16-9-15-10-19-20(29-13-28-19)11-18(15)23-21(16)22/h3-6,9-11H,7-8,12-13H2,1-2H3. The maximum absolute atomic E-state index is 13.3. The van der Waals surface area contributed by atoms with Gasteiger partial charge in [-0.2, -0.15) is 4.31 Å². The molecule has 3 aromatic rings. The second-order valence-electron chi connectivity index (χ2n) is 6.98. The fraction of sp³-hybridized carbons (Fsp3) is 0.286. The van der Waals surface area contributed by atoms with Crippen LogP contribution in [-0.2, 0) is 21.3 Å². The minimum absolute atomic E-state index is 0.0653. The van der Waals surface area contributed by atoms with Gasteiger partial charge in [-0.3, -0.25) is 0 Å². The zero-order valence-corrected chi connectivity index (χ0v) is 18.2. The smallest absolute Gasteiger partial charge is 0.243 e. The van der Waals surface area contributed by atoms with Crippen LogP contribution in [0.25, 0.3) is 10.9 Å². The summed E-state index contributed by atoms with van der Waals surface area (Å²) < 4.78 is 43.8. The molecule has 0 aliphatic carbocycles. The number of methoxy groups -OCH3 is 1. The highest BCUT2D eigenvalue weighted by atomic mass is 35.5. The van der Waals surface area contributed by atoms with E-state index in [1.165, 1.54) is 11.4 Å². The number of hydrogen-bond donors (Lipinski definition) is 0. The number of halogens is 1. The lowest BCUT2D eigenvalue weighted by molar-refractivity contribution is 0.174. The third-order valence-electron chi connectivity index (χ3n) is 4.89. The van der Waals surface area contributed by atoms with Gasteiger partial charge in [-0.1, -0.05) is 29.3 Å². The van der Waals surface area contributed by atoms with Crippen molar-refractivity contribution < 1.29 is 22.6 Å². The maximum Gasteiger partial charge on any atom is 0.243 e. The summed E-state index contributed by atoms with van der Waals surface area (Å²) in [6.07, 6.45) is 0. The molecule has 0 atom stereocenters. The van der Waals surface area contributed by atoms with Crippen molar-refractivity contribution in [3.63, 3.8) is 0 Å². The Morgan fingerprint density at radius 2 is 1.83 bits per heavy atom. The first kappa shape index (κ1) is 20.9. The van der Waals surface area contributed by atoms with E-state index in [0.717, 1.165) is 10.9 Å². The van der Waals surface area contributed by atoms with E-state index in [1.807, 2.05) is 19.1 Å². The molecule has 0 unspecified atom stereocenters. The third kappa shape index (κ3) is 4.09. The van der Waals surface area contributed by atoms with Gasteiger partial charge in [0, 0.05) is 37.2 Å². The van der Waals surface area contributed by atoms with Gasteiger partial charge < -0.3 is 14.2 Å². The Balaban J connectivity index is 1.70. The second kappa shape index (κ2) is 8.39. The van der Waals surface area contributed by atoms with Gasteiger partial charge in [0.15, 0.2) is 11.5 Å². The zero-order chi connectivity index (χ0) is 21.3. The Labute approximate surface area is 180 Å². The van der Waals surface area contributed by atoms with Crippen LogP contribution in [0.1, 0.15) is 11.1 Å². The summed E-state index contributed by atoms with van der Waals surface area (Å²) in [7, 11) is -2.21. The molecular weight excluding hydrogens is 428 g/mol. The Morgan fingerprint density at radius 1 is 1.13 bits per heavy atom. The molecule has 0 amide bonds. The number of sulfonamides is 1. The normalized spacial score (nSPS) is 13.3. The number of ether oxygens (including phenoxy) is 3. The molecule has 1 aliphatic rings. The van der Waals surface area contributed by atoms with Crippen molar-refractivity contribution in [2.45, 2.75) is 18.4 Å². The Kier molecular flexibility index (Phi) is 5.84. The molecule has 4 rings (SSSR count). The number of nitrogens with zero attached hydrogens (tertiary/aromatic N) is 2. The van der Waals surface area contributed by atoms with Crippen LogP contribution in [-0.4, -0.2) is 44.8 Å². The number of aromatic nitrogens is 1. The van der Waals surface area contributed by atoms with Crippen molar-refractivity contribution in [2.75, 3.05) is 27.1 Å². The molecule has 0 N–H and O–H groups in total. The van der Waals surface area contributed by atoms with Gasteiger partial charge in [0.2, 0.25) is 16.8 Å². The van der Waals surface area contributed by atoms with E-state index in [9.17, 15) is 8.42 Å². The fourth-order valence-corrected chi connectivity index (χ4v) is 4.83. The van der Waals surface area contributed by atoms with Crippen molar-refractivity contribution in [1.29, 1.82) is 0 Å². The molecule has 2 heterocycles. The lowest BCUT2D eigenvalue weighted by Crippen LogP contribution is -2.33. The summed E-state index contributed by atoms with van der Waals surface area (Å²) >= 11 is 6.41. The van der Waals surface area contributed by atoms with E-state index >= 15 is 0 Å². The summed E-state index contributed by atoms with van der Waals surface area (Å²) in [5.74, 6) is 1.24. The van der Waals surface area contributed by atoms with Crippen LogP contribution in [0, 0.1) is 6.92 Å². The van der Waals surface area contributed by atoms with Crippen molar-refractivity contribution in [2.24, 2.45) is 0 Å². The molecule has 2 aromatic carbocycles. The van der Waals surface area contributed by atoms with E-state index in [0.29, 0.717) is 22.6 Å². The average Bonchev–Trinajstić information content (AvgIpc) is 3.17. The van der Waals surface area contributed by atoms with Crippen molar-refractivity contribution in [3.8, 4) is 11.5 Å². The first-order chi connectivity index (χ1) is 14.4. The Bertz CT molecular complexity index is 1180. The van der Waals surface area contributed by atoms with E-state index in [2.05, 4.69) is 4.98 Å². The molecule has 158 valence electrons. The van der Waals surface area contributed by atoms with Crippen LogP contribution < -0.4 is 9.47 Å². The topological polar surface area (TPSA) is 78.0 Å². The predicted octanol–water partition coefficient (Wildman–Crippen LogP) is 3.76. The van der Waals surface area contributed by atoms with Crippen molar-refractivity contribution in [3.05, 3.63) is 58.7 Å². The number of pyridine rings is 1. The van der Waals surface area contributed by atoms with Crippen LogP contribution in [0.15, 0.2) is 47.4 Å². The largest absolute Gasteiger partial charge is 0.454 e. The van der Waals surface area contributed by atoms with Gasteiger partial charge in [-0.05, 0) is 31.2 Å². The number of benzene rings is 2. The van der Waals surface area contributed by atoms with E-state index in [4.69, 9.17) is 25.8 Å². The molecule has 0 bridgehead atoms. The highest BCUT2D eigenvalue weighted by Gasteiger charge is 2.26. The van der Waals surface area contributed by atoms with Gasteiger partial charge in [-0.15, -0.1) is 0 Å². The lowest BCUT2D eigenvalue weighted by atomic mass is 10.1. The van der Waals surface area contributed by atoms with E-state index < -0.39 is 10.0 Å². The van der Waals surface area contributed by atoms with Gasteiger partial charge in [0.05, 0.1) is 17.0 Å². The highest BCUT2D eigenvalue weighted by Crippen LogP contribution is 2.36. The molecule has 1 aromatic heterocycles. The number of fused-ring (bicyclic) bond motifs is 2. The average molecular weight is 449 g/mol.